The number of anilines is 4. The van der Waals surface area contributed by atoms with E-state index in [1.54, 1.807) is 6.21 Å². The van der Waals surface area contributed by atoms with E-state index in [-0.39, 0.29) is 0 Å². The minimum atomic E-state index is 0.388. The standard InChI is InChI=1S/C23H27N7O/c1-2-31-20-14-8-7-11-18(20)17-24-29-22-26-21(25-19-12-5-3-6-13-19)27-23(28-22)30-15-9-4-10-16-30/h3,5-8,11-14,17H,2,4,9-10,15-16H2,1H3,(H2,25,26,27,28,29)/b24-17+. The number of ether oxygens (including phenoxy) is 1. The summed E-state index contributed by atoms with van der Waals surface area (Å²) in [5, 5.41) is 7.59. The molecule has 0 atom stereocenters. The Kier molecular flexibility index (Phi) is 6.89. The Hall–Kier alpha value is -3.68. The minimum Gasteiger partial charge on any atom is -0.493 e. The smallest absolute Gasteiger partial charge is 0.250 e. The molecule has 0 unspecified atom stereocenters. The zero-order chi connectivity index (χ0) is 21.3. The van der Waals surface area contributed by atoms with Gasteiger partial charge in [0, 0.05) is 24.3 Å². The van der Waals surface area contributed by atoms with Gasteiger partial charge in [0.05, 0.1) is 12.8 Å². The van der Waals surface area contributed by atoms with Crippen molar-refractivity contribution in [1.82, 2.24) is 15.0 Å². The number of piperidine rings is 1. The van der Waals surface area contributed by atoms with E-state index in [0.29, 0.717) is 24.5 Å². The van der Waals surface area contributed by atoms with Gasteiger partial charge in [-0.3, -0.25) is 0 Å². The molecule has 1 aliphatic heterocycles. The maximum Gasteiger partial charge on any atom is 0.250 e. The Morgan fingerprint density at radius 1 is 0.935 bits per heavy atom. The lowest BCUT2D eigenvalue weighted by Gasteiger charge is -2.26. The number of nitrogens with zero attached hydrogens (tertiary/aromatic N) is 5. The molecule has 1 aliphatic rings. The van der Waals surface area contributed by atoms with Crippen LogP contribution in [0.25, 0.3) is 0 Å². The molecule has 2 aromatic carbocycles. The molecule has 0 radical (unpaired) electrons. The molecular formula is C23H27N7O. The number of aromatic nitrogens is 3. The average Bonchev–Trinajstić information content (AvgIpc) is 2.81. The molecule has 160 valence electrons. The number of rotatable bonds is 8. The number of para-hydroxylation sites is 2. The summed E-state index contributed by atoms with van der Waals surface area (Å²) in [7, 11) is 0. The van der Waals surface area contributed by atoms with E-state index in [4.69, 9.17) is 4.74 Å². The average molecular weight is 418 g/mol. The highest BCUT2D eigenvalue weighted by Crippen LogP contribution is 2.21. The van der Waals surface area contributed by atoms with Crippen LogP contribution in [0, 0.1) is 0 Å². The van der Waals surface area contributed by atoms with Gasteiger partial charge in [-0.1, -0.05) is 30.3 Å². The summed E-state index contributed by atoms with van der Waals surface area (Å²) in [4.78, 5) is 15.9. The van der Waals surface area contributed by atoms with Gasteiger partial charge in [0.2, 0.25) is 17.8 Å². The predicted octanol–water partition coefficient (Wildman–Crippen LogP) is 4.45. The van der Waals surface area contributed by atoms with Crippen LogP contribution in [0.1, 0.15) is 31.7 Å². The van der Waals surface area contributed by atoms with Crippen LogP contribution in [-0.2, 0) is 0 Å². The van der Waals surface area contributed by atoms with Gasteiger partial charge in [0.25, 0.3) is 0 Å². The third kappa shape index (κ3) is 5.69. The Morgan fingerprint density at radius 3 is 2.48 bits per heavy atom. The summed E-state index contributed by atoms with van der Waals surface area (Å²) in [6.45, 7) is 4.44. The van der Waals surface area contributed by atoms with Crippen LogP contribution < -0.4 is 20.4 Å². The Balaban J connectivity index is 1.56. The molecule has 0 bridgehead atoms. The minimum absolute atomic E-state index is 0.388. The van der Waals surface area contributed by atoms with Crippen LogP contribution in [0.3, 0.4) is 0 Å². The zero-order valence-corrected chi connectivity index (χ0v) is 17.7. The van der Waals surface area contributed by atoms with Gasteiger partial charge in [-0.05, 0) is 50.5 Å². The predicted molar refractivity (Wildman–Crippen MR) is 124 cm³/mol. The number of benzene rings is 2. The molecule has 0 amide bonds. The number of hydrogen-bond acceptors (Lipinski definition) is 8. The lowest BCUT2D eigenvalue weighted by Crippen LogP contribution is -2.31. The number of hydrazone groups is 1. The van der Waals surface area contributed by atoms with Crippen LogP contribution in [0.15, 0.2) is 59.7 Å². The van der Waals surface area contributed by atoms with Gasteiger partial charge in [-0.15, -0.1) is 0 Å². The SMILES string of the molecule is CCOc1ccccc1/C=N/Nc1nc(Nc2ccccc2)nc(N2CCCCC2)n1. The molecule has 8 nitrogen and oxygen atoms in total. The first-order chi connectivity index (χ1) is 15.3. The fourth-order valence-corrected chi connectivity index (χ4v) is 3.39. The molecule has 8 heteroatoms. The number of nitrogens with one attached hydrogen (secondary N) is 2. The summed E-state index contributed by atoms with van der Waals surface area (Å²) >= 11 is 0. The first-order valence-corrected chi connectivity index (χ1v) is 10.7. The van der Waals surface area contributed by atoms with E-state index in [1.807, 2.05) is 61.5 Å². The van der Waals surface area contributed by atoms with E-state index in [2.05, 4.69) is 35.7 Å². The highest BCUT2D eigenvalue weighted by Gasteiger charge is 2.16. The van der Waals surface area contributed by atoms with Crippen LogP contribution in [0.5, 0.6) is 5.75 Å². The van der Waals surface area contributed by atoms with Crippen molar-refractivity contribution in [2.24, 2.45) is 5.10 Å². The molecule has 0 spiro atoms. The van der Waals surface area contributed by atoms with Gasteiger partial charge in [0.15, 0.2) is 0 Å². The van der Waals surface area contributed by atoms with Crippen LogP contribution in [0.2, 0.25) is 0 Å². The monoisotopic (exact) mass is 417 g/mol. The van der Waals surface area contributed by atoms with Crippen molar-refractivity contribution in [2.75, 3.05) is 35.3 Å². The lowest BCUT2D eigenvalue weighted by molar-refractivity contribution is 0.340. The Bertz CT molecular complexity index is 1000. The highest BCUT2D eigenvalue weighted by molar-refractivity contribution is 5.83. The molecule has 1 saturated heterocycles. The van der Waals surface area contributed by atoms with Crippen molar-refractivity contribution < 1.29 is 4.74 Å². The van der Waals surface area contributed by atoms with Gasteiger partial charge >= 0.3 is 0 Å². The molecule has 2 N–H and O–H groups in total. The van der Waals surface area contributed by atoms with Crippen molar-refractivity contribution in [3.63, 3.8) is 0 Å². The van der Waals surface area contributed by atoms with Gasteiger partial charge in [-0.2, -0.15) is 20.1 Å². The zero-order valence-electron chi connectivity index (χ0n) is 17.7. The molecule has 31 heavy (non-hydrogen) atoms. The molecule has 1 fully saturated rings. The maximum absolute atomic E-state index is 5.65. The summed E-state index contributed by atoms with van der Waals surface area (Å²) in [5.74, 6) is 2.31. The topological polar surface area (TPSA) is 87.6 Å². The van der Waals surface area contributed by atoms with Gasteiger partial charge in [0.1, 0.15) is 5.75 Å². The molecule has 2 heterocycles. The third-order valence-corrected chi connectivity index (χ3v) is 4.88. The van der Waals surface area contributed by atoms with Crippen molar-refractivity contribution in [2.45, 2.75) is 26.2 Å². The summed E-state index contributed by atoms with van der Waals surface area (Å²) in [6, 6.07) is 17.6. The second kappa shape index (κ2) is 10.4. The van der Waals surface area contributed by atoms with Crippen molar-refractivity contribution in [3.05, 3.63) is 60.2 Å². The Morgan fingerprint density at radius 2 is 1.68 bits per heavy atom. The van der Waals surface area contributed by atoms with Crippen molar-refractivity contribution in [3.8, 4) is 5.75 Å². The molecular weight excluding hydrogens is 390 g/mol. The third-order valence-electron chi connectivity index (χ3n) is 4.88. The van der Waals surface area contributed by atoms with E-state index in [0.717, 1.165) is 42.9 Å². The lowest BCUT2D eigenvalue weighted by atomic mass is 10.1. The summed E-state index contributed by atoms with van der Waals surface area (Å²) < 4.78 is 5.65. The molecule has 0 aliphatic carbocycles. The highest BCUT2D eigenvalue weighted by atomic mass is 16.5. The van der Waals surface area contributed by atoms with Crippen LogP contribution in [0.4, 0.5) is 23.5 Å². The second-order valence-electron chi connectivity index (χ2n) is 7.16. The van der Waals surface area contributed by atoms with E-state index in [9.17, 15) is 0 Å². The molecule has 1 aromatic heterocycles. The first-order valence-electron chi connectivity index (χ1n) is 10.7. The normalized spacial score (nSPS) is 13.9. The van der Waals surface area contributed by atoms with Crippen LogP contribution >= 0.6 is 0 Å². The van der Waals surface area contributed by atoms with E-state index < -0.39 is 0 Å². The molecule has 4 rings (SSSR count). The summed E-state index contributed by atoms with van der Waals surface area (Å²) in [6.07, 6.45) is 5.23. The van der Waals surface area contributed by atoms with Crippen molar-refractivity contribution in [1.29, 1.82) is 0 Å². The van der Waals surface area contributed by atoms with Crippen LogP contribution in [-0.4, -0.2) is 40.9 Å². The molecule has 0 saturated carbocycles. The fourth-order valence-electron chi connectivity index (χ4n) is 3.39. The first kappa shape index (κ1) is 20.6. The quantitative estimate of drug-likeness (QED) is 0.413. The fraction of sp³-hybridized carbons (Fsp3) is 0.304. The Labute approximate surface area is 182 Å². The van der Waals surface area contributed by atoms with Gasteiger partial charge in [-0.25, -0.2) is 5.43 Å². The van der Waals surface area contributed by atoms with E-state index >= 15 is 0 Å². The number of hydrogen-bond donors (Lipinski definition) is 2. The summed E-state index contributed by atoms with van der Waals surface area (Å²) in [5.41, 5.74) is 4.75. The van der Waals surface area contributed by atoms with Crippen molar-refractivity contribution >= 4 is 29.7 Å². The maximum atomic E-state index is 5.65. The largest absolute Gasteiger partial charge is 0.493 e. The van der Waals surface area contributed by atoms with E-state index in [1.165, 1.54) is 6.42 Å². The molecule has 3 aromatic rings. The van der Waals surface area contributed by atoms with Gasteiger partial charge < -0.3 is 15.0 Å². The second-order valence-corrected chi connectivity index (χ2v) is 7.16.